The summed E-state index contributed by atoms with van der Waals surface area (Å²) in [6.07, 6.45) is 2.23. The molecule has 4 nitrogen and oxygen atoms in total. The van der Waals surface area contributed by atoms with Gasteiger partial charge in [-0.05, 0) is 37.1 Å². The molecule has 0 fully saturated rings. The number of hydrogen-bond acceptors (Lipinski definition) is 5. The minimum atomic E-state index is 0.598. The number of halogens is 1. The second kappa shape index (κ2) is 5.75. The third kappa shape index (κ3) is 3.16. The largest absolute Gasteiger partial charge is 0.338 e. The quantitative estimate of drug-likeness (QED) is 0.863. The van der Waals surface area contributed by atoms with Crippen LogP contribution in [0.4, 0.5) is 0 Å². The Labute approximate surface area is 120 Å². The molecular formula is C13H12ClN3OS. The molecule has 3 rings (SSSR count). The Morgan fingerprint density at radius 3 is 2.84 bits per heavy atom. The molecule has 0 atom stereocenters. The average molecular weight is 294 g/mol. The minimum absolute atomic E-state index is 0.598. The van der Waals surface area contributed by atoms with E-state index in [-0.39, 0.29) is 0 Å². The lowest BCUT2D eigenvalue weighted by Crippen LogP contribution is -1.88. The highest BCUT2D eigenvalue weighted by atomic mass is 35.5. The Kier molecular flexibility index (Phi) is 3.84. The molecule has 0 radical (unpaired) electrons. The van der Waals surface area contributed by atoms with E-state index in [4.69, 9.17) is 16.1 Å². The van der Waals surface area contributed by atoms with E-state index in [1.54, 1.807) is 11.8 Å². The van der Waals surface area contributed by atoms with E-state index in [1.807, 2.05) is 24.3 Å². The van der Waals surface area contributed by atoms with Gasteiger partial charge >= 0.3 is 0 Å². The molecule has 2 heterocycles. The summed E-state index contributed by atoms with van der Waals surface area (Å²) >= 11 is 7.53. The first-order valence-electron chi connectivity index (χ1n) is 6.06. The van der Waals surface area contributed by atoms with Crippen LogP contribution in [0.3, 0.4) is 0 Å². The summed E-state index contributed by atoms with van der Waals surface area (Å²) in [4.78, 5) is 8.77. The van der Waals surface area contributed by atoms with Gasteiger partial charge in [-0.1, -0.05) is 16.8 Å². The van der Waals surface area contributed by atoms with Crippen LogP contribution in [0, 0.1) is 0 Å². The van der Waals surface area contributed by atoms with Gasteiger partial charge in [0.15, 0.2) is 0 Å². The Morgan fingerprint density at radius 1 is 1.26 bits per heavy atom. The van der Waals surface area contributed by atoms with Gasteiger partial charge in [-0.3, -0.25) is 4.99 Å². The van der Waals surface area contributed by atoms with Gasteiger partial charge in [-0.25, -0.2) is 0 Å². The monoisotopic (exact) mass is 293 g/mol. The highest BCUT2D eigenvalue weighted by molar-refractivity contribution is 8.13. The fraction of sp³-hybridized carbons (Fsp3) is 0.308. The number of aliphatic imine (C=N–C) groups is 1. The third-order valence-corrected chi connectivity index (χ3v) is 4.08. The first kappa shape index (κ1) is 12.7. The van der Waals surface area contributed by atoms with Crippen molar-refractivity contribution < 1.29 is 4.52 Å². The van der Waals surface area contributed by atoms with Crippen molar-refractivity contribution in [3.05, 3.63) is 35.2 Å². The van der Waals surface area contributed by atoms with Crippen molar-refractivity contribution in [2.24, 2.45) is 4.99 Å². The SMILES string of the molecule is Clc1ccc(-c2noc(CSC3=NCCC3)n2)cc1. The molecule has 98 valence electrons. The van der Waals surface area contributed by atoms with E-state index in [0.717, 1.165) is 24.9 Å². The molecule has 19 heavy (non-hydrogen) atoms. The van der Waals surface area contributed by atoms with Crippen LogP contribution in [-0.4, -0.2) is 21.7 Å². The van der Waals surface area contributed by atoms with Crippen molar-refractivity contribution in [2.75, 3.05) is 6.54 Å². The molecule has 0 saturated heterocycles. The van der Waals surface area contributed by atoms with Gasteiger partial charge in [0.25, 0.3) is 0 Å². The molecule has 1 aromatic carbocycles. The van der Waals surface area contributed by atoms with Gasteiger partial charge in [0.1, 0.15) is 0 Å². The lowest BCUT2D eigenvalue weighted by molar-refractivity contribution is 0.392. The maximum absolute atomic E-state index is 5.85. The van der Waals surface area contributed by atoms with Crippen LogP contribution in [0.1, 0.15) is 18.7 Å². The molecule has 0 spiro atoms. The lowest BCUT2D eigenvalue weighted by Gasteiger charge is -1.95. The summed E-state index contributed by atoms with van der Waals surface area (Å²) < 4.78 is 5.24. The zero-order valence-electron chi connectivity index (χ0n) is 10.2. The molecule has 0 N–H and O–H groups in total. The molecule has 0 aliphatic carbocycles. The Balaban J connectivity index is 1.67. The predicted octanol–water partition coefficient (Wildman–Crippen LogP) is 3.82. The van der Waals surface area contributed by atoms with Crippen LogP contribution >= 0.6 is 23.4 Å². The molecule has 6 heteroatoms. The fourth-order valence-corrected chi connectivity index (χ4v) is 2.81. The lowest BCUT2D eigenvalue weighted by atomic mass is 10.2. The summed E-state index contributed by atoms with van der Waals surface area (Å²) in [6, 6.07) is 7.39. The number of aromatic nitrogens is 2. The molecule has 1 aromatic heterocycles. The summed E-state index contributed by atoms with van der Waals surface area (Å²) in [7, 11) is 0. The molecule has 1 aliphatic rings. The van der Waals surface area contributed by atoms with Gasteiger partial charge in [0.2, 0.25) is 11.7 Å². The van der Waals surface area contributed by atoms with E-state index in [2.05, 4.69) is 15.1 Å². The number of rotatable bonds is 3. The highest BCUT2D eigenvalue weighted by Crippen LogP contribution is 2.22. The van der Waals surface area contributed by atoms with Gasteiger partial charge in [0.05, 0.1) is 10.8 Å². The van der Waals surface area contributed by atoms with Crippen LogP contribution in [-0.2, 0) is 5.75 Å². The molecule has 1 aliphatic heterocycles. The maximum atomic E-state index is 5.85. The van der Waals surface area contributed by atoms with Gasteiger partial charge in [0, 0.05) is 17.1 Å². The van der Waals surface area contributed by atoms with E-state index in [9.17, 15) is 0 Å². The van der Waals surface area contributed by atoms with E-state index >= 15 is 0 Å². The summed E-state index contributed by atoms with van der Waals surface area (Å²) in [6.45, 7) is 0.947. The van der Waals surface area contributed by atoms with E-state index in [0.29, 0.717) is 22.5 Å². The summed E-state index contributed by atoms with van der Waals surface area (Å²) in [5, 5.41) is 5.86. The minimum Gasteiger partial charge on any atom is -0.338 e. The normalized spacial score (nSPS) is 14.7. The highest BCUT2D eigenvalue weighted by Gasteiger charge is 2.12. The Hall–Kier alpha value is -1.33. The number of nitrogens with zero attached hydrogens (tertiary/aromatic N) is 3. The average Bonchev–Trinajstić information content (AvgIpc) is 3.09. The number of hydrogen-bond donors (Lipinski definition) is 0. The third-order valence-electron chi connectivity index (χ3n) is 2.77. The maximum Gasteiger partial charge on any atom is 0.237 e. The second-order valence-electron chi connectivity index (χ2n) is 4.19. The molecule has 2 aromatic rings. The second-order valence-corrected chi connectivity index (χ2v) is 5.67. The van der Waals surface area contributed by atoms with Crippen LogP contribution in [0.2, 0.25) is 5.02 Å². The Bertz CT molecular complexity index is 594. The summed E-state index contributed by atoms with van der Waals surface area (Å²) in [5.74, 6) is 1.91. The van der Waals surface area contributed by atoms with Crippen LogP contribution in [0.25, 0.3) is 11.4 Å². The van der Waals surface area contributed by atoms with Gasteiger partial charge in [-0.2, -0.15) is 4.98 Å². The number of thioether (sulfide) groups is 1. The molecule has 0 bridgehead atoms. The fourth-order valence-electron chi connectivity index (χ4n) is 1.81. The zero-order chi connectivity index (χ0) is 13.1. The van der Waals surface area contributed by atoms with Crippen LogP contribution in [0.5, 0.6) is 0 Å². The van der Waals surface area contributed by atoms with Crippen LogP contribution < -0.4 is 0 Å². The van der Waals surface area contributed by atoms with Crippen LogP contribution in [0.15, 0.2) is 33.8 Å². The topological polar surface area (TPSA) is 51.3 Å². The van der Waals surface area contributed by atoms with Crippen molar-refractivity contribution in [2.45, 2.75) is 18.6 Å². The van der Waals surface area contributed by atoms with Crippen molar-refractivity contribution in [1.29, 1.82) is 0 Å². The standard InChI is InChI=1S/C13H12ClN3OS/c14-10-5-3-9(4-6-10)13-16-11(18-17-13)8-19-12-2-1-7-15-12/h3-6H,1-2,7-8H2. The summed E-state index contributed by atoms with van der Waals surface area (Å²) in [5.41, 5.74) is 0.905. The van der Waals surface area contributed by atoms with Crippen molar-refractivity contribution in [1.82, 2.24) is 10.1 Å². The van der Waals surface area contributed by atoms with Crippen molar-refractivity contribution in [3.63, 3.8) is 0 Å². The van der Waals surface area contributed by atoms with Gasteiger partial charge in [-0.15, -0.1) is 11.8 Å². The molecular weight excluding hydrogens is 282 g/mol. The van der Waals surface area contributed by atoms with E-state index < -0.39 is 0 Å². The molecule has 0 saturated carbocycles. The van der Waals surface area contributed by atoms with Crippen molar-refractivity contribution >= 4 is 28.4 Å². The number of benzene rings is 1. The predicted molar refractivity (Wildman–Crippen MR) is 77.6 cm³/mol. The zero-order valence-corrected chi connectivity index (χ0v) is 11.7. The van der Waals surface area contributed by atoms with Gasteiger partial charge < -0.3 is 4.52 Å². The van der Waals surface area contributed by atoms with Crippen molar-refractivity contribution in [3.8, 4) is 11.4 Å². The molecule has 0 unspecified atom stereocenters. The smallest absolute Gasteiger partial charge is 0.237 e. The van der Waals surface area contributed by atoms with E-state index in [1.165, 1.54) is 5.04 Å². The first-order valence-corrected chi connectivity index (χ1v) is 7.42. The first-order chi connectivity index (χ1) is 9.31. The Morgan fingerprint density at radius 2 is 2.11 bits per heavy atom. The molecule has 0 amide bonds.